The average molecular weight is 541 g/mol. The maximum Gasteiger partial charge on any atom is 0.166 e. The highest BCUT2D eigenvalue weighted by molar-refractivity contribution is 5.65. The minimum atomic E-state index is -0.820. The normalized spacial score (nSPS) is 17.3. The monoisotopic (exact) mass is 540 g/mol. The number of benzene rings is 3. The molecule has 0 heterocycles. The Balaban J connectivity index is 1.34. The molecule has 1 saturated carbocycles. The van der Waals surface area contributed by atoms with E-state index < -0.39 is 17.5 Å². The fraction of sp³-hybridized carbons (Fsp3) is 0.455. The van der Waals surface area contributed by atoms with Crippen LogP contribution in [0, 0.1) is 17.5 Å². The fourth-order valence-electron chi connectivity index (χ4n) is 5.01. The molecule has 4 rings (SSSR count). The third-order valence-corrected chi connectivity index (χ3v) is 7.40. The fourth-order valence-corrected chi connectivity index (χ4v) is 5.01. The molecule has 3 aromatic rings. The number of halogens is 3. The van der Waals surface area contributed by atoms with E-state index in [-0.39, 0.29) is 29.9 Å². The molecule has 0 amide bonds. The Labute approximate surface area is 230 Å². The third-order valence-electron chi connectivity index (χ3n) is 7.40. The molecule has 3 aromatic carbocycles. The SMILES string of the molecule is CCCCOc1ccc(COc2ccc(-c3ccc(C4CCC(OCCCC)CC4)c(F)c3F)cc2)cc1F. The molecule has 0 N–H and O–H groups in total. The number of hydrogen-bond donors (Lipinski definition) is 0. The van der Waals surface area contributed by atoms with Gasteiger partial charge in [0, 0.05) is 12.2 Å². The number of rotatable bonds is 13. The second-order valence-electron chi connectivity index (χ2n) is 10.3. The number of ether oxygens (including phenoxy) is 3. The summed E-state index contributed by atoms with van der Waals surface area (Å²) < 4.78 is 61.7. The zero-order valence-corrected chi connectivity index (χ0v) is 23.0. The molecule has 3 nitrogen and oxygen atoms in total. The molecular weight excluding hydrogens is 501 g/mol. The molecule has 0 radical (unpaired) electrons. The van der Waals surface area contributed by atoms with Crippen LogP contribution in [-0.2, 0) is 11.3 Å². The molecule has 6 heteroatoms. The van der Waals surface area contributed by atoms with Crippen molar-refractivity contribution in [3.63, 3.8) is 0 Å². The van der Waals surface area contributed by atoms with Crippen LogP contribution in [0.2, 0.25) is 0 Å². The second kappa shape index (κ2) is 14.4. The Morgan fingerprint density at radius 1 is 0.744 bits per heavy atom. The molecular formula is C33H39F3O3. The van der Waals surface area contributed by atoms with Crippen molar-refractivity contribution >= 4 is 0 Å². The van der Waals surface area contributed by atoms with E-state index >= 15 is 8.78 Å². The Bertz CT molecular complexity index is 1190. The summed E-state index contributed by atoms with van der Waals surface area (Å²) in [6, 6.07) is 15.0. The molecule has 1 aliphatic carbocycles. The molecule has 0 saturated heterocycles. The third kappa shape index (κ3) is 7.78. The highest BCUT2D eigenvalue weighted by atomic mass is 19.2. The Kier molecular flexibility index (Phi) is 10.7. The van der Waals surface area contributed by atoms with E-state index in [0.717, 1.165) is 58.0 Å². The lowest BCUT2D eigenvalue weighted by Gasteiger charge is -2.29. The summed E-state index contributed by atoms with van der Waals surface area (Å²) in [6.45, 7) is 5.62. The molecule has 1 fully saturated rings. The summed E-state index contributed by atoms with van der Waals surface area (Å²) in [5.41, 5.74) is 1.92. The van der Waals surface area contributed by atoms with Crippen LogP contribution in [-0.4, -0.2) is 19.3 Å². The van der Waals surface area contributed by atoms with E-state index in [1.165, 1.54) is 6.07 Å². The van der Waals surface area contributed by atoms with E-state index in [2.05, 4.69) is 13.8 Å². The second-order valence-corrected chi connectivity index (χ2v) is 10.3. The van der Waals surface area contributed by atoms with Crippen molar-refractivity contribution < 1.29 is 27.4 Å². The Hall–Kier alpha value is -2.99. The lowest BCUT2D eigenvalue weighted by molar-refractivity contribution is 0.0230. The Morgan fingerprint density at radius 3 is 2.15 bits per heavy atom. The van der Waals surface area contributed by atoms with E-state index in [1.807, 2.05) is 0 Å². The van der Waals surface area contributed by atoms with Gasteiger partial charge in [-0.05, 0) is 85.4 Å². The van der Waals surface area contributed by atoms with Gasteiger partial charge < -0.3 is 14.2 Å². The molecule has 0 atom stereocenters. The molecule has 39 heavy (non-hydrogen) atoms. The van der Waals surface area contributed by atoms with Gasteiger partial charge in [0.25, 0.3) is 0 Å². The van der Waals surface area contributed by atoms with Gasteiger partial charge in [0.1, 0.15) is 12.4 Å². The molecule has 210 valence electrons. The molecule has 0 aromatic heterocycles. The van der Waals surface area contributed by atoms with Crippen molar-refractivity contribution in [2.75, 3.05) is 13.2 Å². The first-order valence-corrected chi connectivity index (χ1v) is 14.2. The van der Waals surface area contributed by atoms with E-state index in [4.69, 9.17) is 14.2 Å². The van der Waals surface area contributed by atoms with Crippen molar-refractivity contribution in [1.82, 2.24) is 0 Å². The van der Waals surface area contributed by atoms with Gasteiger partial charge in [-0.3, -0.25) is 0 Å². The predicted octanol–water partition coefficient (Wildman–Crippen LogP) is 9.37. The van der Waals surface area contributed by atoms with Gasteiger partial charge >= 0.3 is 0 Å². The van der Waals surface area contributed by atoms with Gasteiger partial charge in [-0.25, -0.2) is 13.2 Å². The van der Waals surface area contributed by atoms with Crippen molar-refractivity contribution in [1.29, 1.82) is 0 Å². The summed E-state index contributed by atoms with van der Waals surface area (Å²) in [4.78, 5) is 0. The first kappa shape index (κ1) is 29.0. The summed E-state index contributed by atoms with van der Waals surface area (Å²) in [7, 11) is 0. The van der Waals surface area contributed by atoms with Crippen LogP contribution < -0.4 is 9.47 Å². The van der Waals surface area contributed by atoms with Crippen molar-refractivity contribution in [3.05, 3.63) is 83.2 Å². The van der Waals surface area contributed by atoms with Crippen LogP contribution in [0.4, 0.5) is 13.2 Å². The highest BCUT2D eigenvalue weighted by Gasteiger charge is 2.27. The quantitative estimate of drug-likeness (QED) is 0.202. The summed E-state index contributed by atoms with van der Waals surface area (Å²) in [5, 5.41) is 0. The molecule has 0 bridgehead atoms. The summed E-state index contributed by atoms with van der Waals surface area (Å²) in [6.07, 6.45) is 7.60. The maximum absolute atomic E-state index is 15.1. The van der Waals surface area contributed by atoms with Crippen LogP contribution in [0.1, 0.15) is 82.3 Å². The minimum absolute atomic E-state index is 0.0113. The van der Waals surface area contributed by atoms with E-state index in [9.17, 15) is 4.39 Å². The van der Waals surface area contributed by atoms with E-state index in [1.54, 1.807) is 48.5 Å². The molecule has 0 aliphatic heterocycles. The first-order chi connectivity index (χ1) is 19.0. The lowest BCUT2D eigenvalue weighted by atomic mass is 9.82. The van der Waals surface area contributed by atoms with Crippen molar-refractivity contribution in [2.24, 2.45) is 0 Å². The van der Waals surface area contributed by atoms with Crippen LogP contribution in [0.3, 0.4) is 0 Å². The van der Waals surface area contributed by atoms with Gasteiger partial charge in [-0.2, -0.15) is 0 Å². The zero-order valence-electron chi connectivity index (χ0n) is 23.0. The lowest BCUT2D eigenvalue weighted by Crippen LogP contribution is -2.22. The largest absolute Gasteiger partial charge is 0.491 e. The summed E-state index contributed by atoms with van der Waals surface area (Å²) >= 11 is 0. The number of unbranched alkanes of at least 4 members (excludes halogenated alkanes) is 2. The van der Waals surface area contributed by atoms with Crippen LogP contribution in [0.5, 0.6) is 11.5 Å². The standard InChI is InChI=1S/C33H39F3O3/c1-3-5-19-37-26-12-8-24(9-13-26)28-16-17-29(33(36)32(28)35)25-10-14-27(15-11-25)39-22-23-7-18-31(30(34)21-23)38-20-6-4-2/h7,10-11,14-18,21,24,26H,3-6,8-9,12-13,19-20,22H2,1-2H3. The molecule has 1 aliphatic rings. The summed E-state index contributed by atoms with van der Waals surface area (Å²) in [5.74, 6) is -1.20. The van der Waals surface area contributed by atoms with Gasteiger partial charge in [0.05, 0.1) is 12.7 Å². The van der Waals surface area contributed by atoms with Crippen molar-refractivity contribution in [2.45, 2.75) is 83.8 Å². The minimum Gasteiger partial charge on any atom is -0.491 e. The van der Waals surface area contributed by atoms with Crippen LogP contribution in [0.15, 0.2) is 54.6 Å². The molecule has 0 spiro atoms. The predicted molar refractivity (Wildman–Crippen MR) is 149 cm³/mol. The Morgan fingerprint density at radius 2 is 1.46 bits per heavy atom. The molecule has 0 unspecified atom stereocenters. The maximum atomic E-state index is 15.1. The van der Waals surface area contributed by atoms with Gasteiger partial charge in [-0.1, -0.05) is 57.0 Å². The number of hydrogen-bond acceptors (Lipinski definition) is 3. The highest BCUT2D eigenvalue weighted by Crippen LogP contribution is 2.38. The zero-order chi connectivity index (χ0) is 27.6. The van der Waals surface area contributed by atoms with Crippen LogP contribution in [0.25, 0.3) is 11.1 Å². The van der Waals surface area contributed by atoms with Gasteiger partial charge in [0.2, 0.25) is 0 Å². The smallest absolute Gasteiger partial charge is 0.166 e. The van der Waals surface area contributed by atoms with Crippen LogP contribution >= 0.6 is 0 Å². The van der Waals surface area contributed by atoms with Crippen molar-refractivity contribution in [3.8, 4) is 22.6 Å². The van der Waals surface area contributed by atoms with E-state index in [0.29, 0.717) is 29.0 Å². The van der Waals surface area contributed by atoms with Gasteiger partial charge in [-0.15, -0.1) is 0 Å². The van der Waals surface area contributed by atoms with Gasteiger partial charge in [0.15, 0.2) is 23.2 Å². The topological polar surface area (TPSA) is 27.7 Å². The average Bonchev–Trinajstić information content (AvgIpc) is 2.95. The first-order valence-electron chi connectivity index (χ1n) is 14.2.